The summed E-state index contributed by atoms with van der Waals surface area (Å²) in [6.07, 6.45) is 5.84. The van der Waals surface area contributed by atoms with Crippen molar-refractivity contribution in [2.45, 2.75) is 32.3 Å². The predicted octanol–water partition coefficient (Wildman–Crippen LogP) is 2.62. The number of likely N-dealkylation sites (tertiary alicyclic amines) is 1. The number of ether oxygens (including phenoxy) is 1. The summed E-state index contributed by atoms with van der Waals surface area (Å²) >= 11 is 0. The summed E-state index contributed by atoms with van der Waals surface area (Å²) in [5, 5.41) is 16.6. The lowest BCUT2D eigenvalue weighted by atomic mass is 10.1. The molecule has 2 amide bonds. The fourth-order valence-electron chi connectivity index (χ4n) is 3.91. The van der Waals surface area contributed by atoms with Gasteiger partial charge in [-0.15, -0.1) is 0 Å². The summed E-state index contributed by atoms with van der Waals surface area (Å²) in [4.78, 5) is 29.6. The third-order valence-corrected chi connectivity index (χ3v) is 5.84. The number of aromatic nitrogens is 3. The first-order chi connectivity index (χ1) is 15.5. The van der Waals surface area contributed by atoms with Crippen molar-refractivity contribution in [2.75, 3.05) is 18.4 Å². The molecule has 1 atom stereocenters. The molecule has 1 saturated heterocycles. The first kappa shape index (κ1) is 20.0. The standard InChI is InChI=1S/C23H22N6O3/c1-14(30)28-6-5-19(13-28)32-21-12-25-17(11-24)9-20(21)16-4-7-29-18(8-16)10-22(27-29)26-23(31)15-2-3-15/h4,7-10,12,15,19H,2-3,5-6,13H2,1H3,(H,26,27,31)/t19-/m1/s1. The Hall–Kier alpha value is -3.93. The molecule has 9 heteroatoms. The van der Waals surface area contributed by atoms with Crippen LogP contribution in [0.3, 0.4) is 0 Å². The molecule has 162 valence electrons. The molecule has 0 unspecified atom stereocenters. The van der Waals surface area contributed by atoms with E-state index in [-0.39, 0.29) is 29.5 Å². The van der Waals surface area contributed by atoms with Crippen molar-refractivity contribution >= 4 is 23.1 Å². The lowest BCUT2D eigenvalue weighted by Gasteiger charge is -2.18. The number of amides is 2. The number of nitrogens with zero attached hydrogens (tertiary/aromatic N) is 5. The Morgan fingerprint density at radius 3 is 2.81 bits per heavy atom. The lowest BCUT2D eigenvalue weighted by Crippen LogP contribution is -2.28. The van der Waals surface area contributed by atoms with E-state index in [1.54, 1.807) is 34.8 Å². The highest BCUT2D eigenvalue weighted by atomic mass is 16.5. The molecule has 0 spiro atoms. The van der Waals surface area contributed by atoms with Crippen molar-refractivity contribution in [2.24, 2.45) is 5.92 Å². The van der Waals surface area contributed by atoms with Crippen LogP contribution >= 0.6 is 0 Å². The Morgan fingerprint density at radius 2 is 2.09 bits per heavy atom. The zero-order chi connectivity index (χ0) is 22.2. The van der Waals surface area contributed by atoms with Gasteiger partial charge in [-0.25, -0.2) is 9.50 Å². The summed E-state index contributed by atoms with van der Waals surface area (Å²) in [6, 6.07) is 9.40. The summed E-state index contributed by atoms with van der Waals surface area (Å²) in [5.74, 6) is 1.22. The number of nitrogens with one attached hydrogen (secondary N) is 1. The van der Waals surface area contributed by atoms with E-state index in [0.29, 0.717) is 24.7 Å². The molecule has 2 aliphatic rings. The Labute approximate surface area is 184 Å². The molecule has 0 aromatic carbocycles. The third-order valence-electron chi connectivity index (χ3n) is 5.84. The van der Waals surface area contributed by atoms with Gasteiger partial charge in [-0.1, -0.05) is 0 Å². The summed E-state index contributed by atoms with van der Waals surface area (Å²) in [6.45, 7) is 2.75. The molecule has 0 bridgehead atoms. The van der Waals surface area contributed by atoms with Gasteiger partial charge in [-0.3, -0.25) is 9.59 Å². The van der Waals surface area contributed by atoms with E-state index in [0.717, 1.165) is 35.9 Å². The molecule has 1 saturated carbocycles. The first-order valence-corrected chi connectivity index (χ1v) is 10.6. The van der Waals surface area contributed by atoms with Crippen molar-refractivity contribution in [1.82, 2.24) is 19.5 Å². The highest BCUT2D eigenvalue weighted by Crippen LogP contribution is 2.33. The monoisotopic (exact) mass is 430 g/mol. The second-order valence-corrected chi connectivity index (χ2v) is 8.25. The number of carbonyl (C=O) groups excluding carboxylic acids is 2. The third kappa shape index (κ3) is 3.99. The van der Waals surface area contributed by atoms with E-state index < -0.39 is 0 Å². The smallest absolute Gasteiger partial charge is 0.228 e. The van der Waals surface area contributed by atoms with Crippen LogP contribution in [0.1, 0.15) is 31.9 Å². The van der Waals surface area contributed by atoms with Crippen molar-refractivity contribution in [3.05, 3.63) is 42.4 Å². The number of nitriles is 1. The number of rotatable bonds is 5. The van der Waals surface area contributed by atoms with Gasteiger partial charge in [-0.05, 0) is 36.6 Å². The molecule has 2 fully saturated rings. The van der Waals surface area contributed by atoms with Crippen LogP contribution in [0.4, 0.5) is 5.82 Å². The van der Waals surface area contributed by atoms with E-state index in [1.165, 1.54) is 0 Å². The average molecular weight is 430 g/mol. The van der Waals surface area contributed by atoms with Crippen LogP contribution in [0.25, 0.3) is 16.6 Å². The fraction of sp³-hybridized carbons (Fsp3) is 0.348. The SMILES string of the molecule is CC(=O)N1CC[C@@H](Oc2cnc(C#N)cc2-c2ccn3nc(NC(=O)C4CC4)cc3c2)C1. The maximum absolute atomic E-state index is 12.0. The van der Waals surface area contributed by atoms with Gasteiger partial charge in [0.2, 0.25) is 11.8 Å². The Bertz CT molecular complexity index is 1260. The molecular formula is C23H22N6O3. The Morgan fingerprint density at radius 1 is 1.25 bits per heavy atom. The molecule has 1 N–H and O–H groups in total. The van der Waals surface area contributed by atoms with Gasteiger partial charge >= 0.3 is 0 Å². The number of fused-ring (bicyclic) bond motifs is 1. The lowest BCUT2D eigenvalue weighted by molar-refractivity contribution is -0.128. The second kappa shape index (κ2) is 7.96. The van der Waals surface area contributed by atoms with Crippen molar-refractivity contribution < 1.29 is 14.3 Å². The van der Waals surface area contributed by atoms with Crippen LogP contribution in [0.2, 0.25) is 0 Å². The normalized spacial score (nSPS) is 17.9. The summed E-state index contributed by atoms with van der Waals surface area (Å²) in [7, 11) is 0. The number of pyridine rings is 2. The number of carbonyl (C=O) groups is 2. The van der Waals surface area contributed by atoms with Crippen LogP contribution in [0.5, 0.6) is 5.75 Å². The van der Waals surface area contributed by atoms with Crippen LogP contribution in [-0.2, 0) is 9.59 Å². The quantitative estimate of drug-likeness (QED) is 0.666. The number of hydrogen-bond donors (Lipinski definition) is 1. The molecule has 9 nitrogen and oxygen atoms in total. The minimum absolute atomic E-state index is 0.00767. The number of anilines is 1. The topological polar surface area (TPSA) is 113 Å². The van der Waals surface area contributed by atoms with Gasteiger partial charge in [0.15, 0.2) is 5.82 Å². The van der Waals surface area contributed by atoms with Gasteiger partial charge in [-0.2, -0.15) is 10.4 Å². The second-order valence-electron chi connectivity index (χ2n) is 8.25. The van der Waals surface area contributed by atoms with Gasteiger partial charge in [0.05, 0.1) is 18.3 Å². The molecular weight excluding hydrogens is 408 g/mol. The average Bonchev–Trinajstić information content (AvgIpc) is 3.40. The van der Waals surface area contributed by atoms with Crippen LogP contribution in [0.15, 0.2) is 36.7 Å². The highest BCUT2D eigenvalue weighted by molar-refractivity contribution is 5.93. The van der Waals surface area contributed by atoms with Crippen molar-refractivity contribution in [3.63, 3.8) is 0 Å². The summed E-state index contributed by atoms with van der Waals surface area (Å²) in [5.41, 5.74) is 2.67. The molecule has 5 rings (SSSR count). The van der Waals surface area contributed by atoms with E-state index in [9.17, 15) is 14.9 Å². The Kier molecular flexibility index (Phi) is 4.98. The first-order valence-electron chi connectivity index (χ1n) is 10.6. The number of hydrogen-bond acceptors (Lipinski definition) is 6. The van der Waals surface area contributed by atoms with Crippen LogP contribution in [-0.4, -0.2) is 50.5 Å². The molecule has 1 aliphatic heterocycles. The van der Waals surface area contributed by atoms with Crippen molar-refractivity contribution in [3.8, 4) is 22.9 Å². The predicted molar refractivity (Wildman–Crippen MR) is 116 cm³/mol. The van der Waals surface area contributed by atoms with Crippen LogP contribution < -0.4 is 10.1 Å². The minimum Gasteiger partial charge on any atom is -0.486 e. The zero-order valence-electron chi connectivity index (χ0n) is 17.6. The van der Waals surface area contributed by atoms with E-state index in [4.69, 9.17) is 4.74 Å². The molecule has 32 heavy (non-hydrogen) atoms. The van der Waals surface area contributed by atoms with Crippen LogP contribution in [0, 0.1) is 17.2 Å². The molecule has 1 aliphatic carbocycles. The minimum atomic E-state index is -0.129. The highest BCUT2D eigenvalue weighted by Gasteiger charge is 2.30. The maximum Gasteiger partial charge on any atom is 0.228 e. The molecule has 4 heterocycles. The maximum atomic E-state index is 12.0. The zero-order valence-corrected chi connectivity index (χ0v) is 17.6. The van der Waals surface area contributed by atoms with Gasteiger partial charge in [0.25, 0.3) is 0 Å². The largest absolute Gasteiger partial charge is 0.486 e. The van der Waals surface area contributed by atoms with Gasteiger partial charge in [0, 0.05) is 43.6 Å². The summed E-state index contributed by atoms with van der Waals surface area (Å²) < 4.78 is 7.89. The Balaban J connectivity index is 1.44. The molecule has 3 aromatic heterocycles. The van der Waals surface area contributed by atoms with E-state index in [2.05, 4.69) is 21.5 Å². The fourth-order valence-corrected chi connectivity index (χ4v) is 3.91. The van der Waals surface area contributed by atoms with Gasteiger partial charge in [0.1, 0.15) is 23.6 Å². The molecule has 3 aromatic rings. The molecule has 0 radical (unpaired) electrons. The van der Waals surface area contributed by atoms with Crippen molar-refractivity contribution in [1.29, 1.82) is 5.26 Å². The van der Waals surface area contributed by atoms with E-state index >= 15 is 0 Å². The van der Waals surface area contributed by atoms with E-state index in [1.807, 2.05) is 18.2 Å². The van der Waals surface area contributed by atoms with Gasteiger partial charge < -0.3 is 15.0 Å².